The third-order valence-electron chi connectivity index (χ3n) is 2.95. The molecule has 0 unspecified atom stereocenters. The second kappa shape index (κ2) is 6.38. The minimum atomic E-state index is 0. The highest BCUT2D eigenvalue weighted by molar-refractivity contribution is 7.14. The summed E-state index contributed by atoms with van der Waals surface area (Å²) in [7, 11) is 0. The van der Waals surface area contributed by atoms with Crippen molar-refractivity contribution in [3.05, 3.63) is 21.4 Å². The van der Waals surface area contributed by atoms with E-state index in [9.17, 15) is 4.79 Å². The molecule has 0 radical (unpaired) electrons. The smallest absolute Gasteiger partial charge is 0.261 e. The molecule has 0 fully saturated rings. The molecular weight excluding hydrogens is 256 g/mol. The standard InChI is InChI=1S/C12H18N2OS.ClH/c1-8(7-13)14-12(15)11-6-9-4-2-3-5-10(9)16-11;/h6,8H,2-5,7,13H2,1H3,(H,14,15);1H/t8-;/m1./s1. The molecule has 3 N–H and O–H groups in total. The number of carbonyl (C=O) groups is 1. The molecule has 1 atom stereocenters. The van der Waals surface area contributed by atoms with Gasteiger partial charge in [0, 0.05) is 17.5 Å². The van der Waals surface area contributed by atoms with Crippen LogP contribution in [0.25, 0.3) is 0 Å². The quantitative estimate of drug-likeness (QED) is 0.887. The van der Waals surface area contributed by atoms with Crippen molar-refractivity contribution in [1.29, 1.82) is 0 Å². The molecule has 0 aromatic carbocycles. The summed E-state index contributed by atoms with van der Waals surface area (Å²) in [6.45, 7) is 2.41. The predicted octanol–water partition coefficient (Wildman–Crippen LogP) is 2.13. The number of halogens is 1. The average molecular weight is 275 g/mol. The van der Waals surface area contributed by atoms with Crippen molar-refractivity contribution < 1.29 is 4.79 Å². The van der Waals surface area contributed by atoms with E-state index < -0.39 is 0 Å². The first kappa shape index (κ1) is 14.5. The summed E-state index contributed by atoms with van der Waals surface area (Å²) in [5, 5.41) is 2.90. The molecule has 1 amide bonds. The number of hydrogen-bond donors (Lipinski definition) is 2. The van der Waals surface area contributed by atoms with E-state index in [-0.39, 0.29) is 24.4 Å². The summed E-state index contributed by atoms with van der Waals surface area (Å²) >= 11 is 1.64. The van der Waals surface area contributed by atoms with Crippen molar-refractivity contribution >= 4 is 29.7 Å². The fourth-order valence-corrected chi connectivity index (χ4v) is 3.11. The molecule has 17 heavy (non-hydrogen) atoms. The summed E-state index contributed by atoms with van der Waals surface area (Å²) in [4.78, 5) is 14.1. The van der Waals surface area contributed by atoms with Crippen LogP contribution < -0.4 is 11.1 Å². The van der Waals surface area contributed by atoms with E-state index in [1.54, 1.807) is 11.3 Å². The number of carbonyl (C=O) groups excluding carboxylic acids is 1. The zero-order valence-corrected chi connectivity index (χ0v) is 11.6. The molecular formula is C12H19ClN2OS. The van der Waals surface area contributed by atoms with Crippen LogP contribution in [0.3, 0.4) is 0 Å². The van der Waals surface area contributed by atoms with Gasteiger partial charge in [-0.05, 0) is 44.2 Å². The first-order valence-corrected chi connectivity index (χ1v) is 6.65. The maximum atomic E-state index is 11.9. The molecule has 1 aliphatic rings. The van der Waals surface area contributed by atoms with E-state index in [0.29, 0.717) is 6.54 Å². The van der Waals surface area contributed by atoms with Crippen molar-refractivity contribution in [3.63, 3.8) is 0 Å². The Hall–Kier alpha value is -0.580. The fraction of sp³-hybridized carbons (Fsp3) is 0.583. The number of thiophene rings is 1. The Labute approximate surface area is 112 Å². The number of rotatable bonds is 3. The van der Waals surface area contributed by atoms with E-state index in [1.807, 2.05) is 6.92 Å². The lowest BCUT2D eigenvalue weighted by Gasteiger charge is -2.09. The lowest BCUT2D eigenvalue weighted by Crippen LogP contribution is -2.37. The lowest BCUT2D eigenvalue weighted by molar-refractivity contribution is 0.0945. The zero-order chi connectivity index (χ0) is 11.5. The minimum Gasteiger partial charge on any atom is -0.348 e. The summed E-state index contributed by atoms with van der Waals surface area (Å²) < 4.78 is 0. The maximum Gasteiger partial charge on any atom is 0.261 e. The Bertz CT molecular complexity index is 368. The van der Waals surface area contributed by atoms with Gasteiger partial charge in [0.1, 0.15) is 0 Å². The second-order valence-electron chi connectivity index (χ2n) is 4.38. The van der Waals surface area contributed by atoms with Crippen LogP contribution in [0.15, 0.2) is 6.07 Å². The Morgan fingerprint density at radius 2 is 2.24 bits per heavy atom. The van der Waals surface area contributed by atoms with E-state index >= 15 is 0 Å². The molecule has 1 aromatic rings. The Morgan fingerprint density at radius 1 is 1.53 bits per heavy atom. The monoisotopic (exact) mass is 274 g/mol. The van der Waals surface area contributed by atoms with E-state index in [1.165, 1.54) is 23.3 Å². The van der Waals surface area contributed by atoms with Crippen LogP contribution in [-0.2, 0) is 12.8 Å². The molecule has 1 aliphatic carbocycles. The van der Waals surface area contributed by atoms with Crippen molar-refractivity contribution in [3.8, 4) is 0 Å². The largest absolute Gasteiger partial charge is 0.348 e. The maximum absolute atomic E-state index is 11.9. The van der Waals surface area contributed by atoms with Crippen LogP contribution in [-0.4, -0.2) is 18.5 Å². The third kappa shape index (κ3) is 3.44. The molecule has 0 saturated heterocycles. The zero-order valence-electron chi connectivity index (χ0n) is 9.99. The highest BCUT2D eigenvalue weighted by Gasteiger charge is 2.17. The molecule has 0 aliphatic heterocycles. The molecule has 5 heteroatoms. The summed E-state index contributed by atoms with van der Waals surface area (Å²) in [6.07, 6.45) is 4.78. The van der Waals surface area contributed by atoms with Crippen LogP contribution in [0.1, 0.15) is 39.9 Å². The number of hydrogen-bond acceptors (Lipinski definition) is 3. The first-order valence-electron chi connectivity index (χ1n) is 5.83. The molecule has 3 nitrogen and oxygen atoms in total. The number of nitrogens with two attached hydrogens (primary N) is 1. The number of amides is 1. The van der Waals surface area contributed by atoms with Crippen LogP contribution in [0.5, 0.6) is 0 Å². The van der Waals surface area contributed by atoms with Gasteiger partial charge in [0.15, 0.2) is 0 Å². The second-order valence-corrected chi connectivity index (χ2v) is 5.51. The molecule has 0 bridgehead atoms. The van der Waals surface area contributed by atoms with Gasteiger partial charge >= 0.3 is 0 Å². The summed E-state index contributed by atoms with van der Waals surface area (Å²) in [6, 6.07) is 2.10. The van der Waals surface area contributed by atoms with Gasteiger partial charge in [-0.3, -0.25) is 4.79 Å². The highest BCUT2D eigenvalue weighted by Crippen LogP contribution is 2.29. The fourth-order valence-electron chi connectivity index (χ4n) is 1.96. The van der Waals surface area contributed by atoms with Crippen molar-refractivity contribution in [2.24, 2.45) is 5.73 Å². The van der Waals surface area contributed by atoms with Gasteiger partial charge in [0.2, 0.25) is 0 Å². The topological polar surface area (TPSA) is 55.1 Å². The predicted molar refractivity (Wildman–Crippen MR) is 74.2 cm³/mol. The van der Waals surface area contributed by atoms with Crippen molar-refractivity contribution in [2.45, 2.75) is 38.6 Å². The van der Waals surface area contributed by atoms with Gasteiger partial charge in [-0.15, -0.1) is 23.7 Å². The van der Waals surface area contributed by atoms with Crippen molar-refractivity contribution in [2.75, 3.05) is 6.54 Å². The Kier molecular flexibility index (Phi) is 5.43. The Balaban J connectivity index is 0.00000144. The summed E-state index contributed by atoms with van der Waals surface area (Å²) in [5.74, 6) is 0.0253. The number of nitrogens with one attached hydrogen (secondary N) is 1. The molecule has 2 rings (SSSR count). The van der Waals surface area contributed by atoms with Crippen LogP contribution >= 0.6 is 23.7 Å². The van der Waals surface area contributed by atoms with Crippen LogP contribution in [0, 0.1) is 0 Å². The number of fused-ring (bicyclic) bond motifs is 1. The van der Waals surface area contributed by atoms with Gasteiger partial charge in [-0.2, -0.15) is 0 Å². The minimum absolute atomic E-state index is 0. The van der Waals surface area contributed by atoms with Gasteiger partial charge in [0.05, 0.1) is 4.88 Å². The lowest BCUT2D eigenvalue weighted by atomic mass is 9.99. The van der Waals surface area contributed by atoms with Gasteiger partial charge in [0.25, 0.3) is 5.91 Å². The van der Waals surface area contributed by atoms with Gasteiger partial charge in [-0.1, -0.05) is 0 Å². The first-order chi connectivity index (χ1) is 7.70. The van der Waals surface area contributed by atoms with Gasteiger partial charge in [-0.25, -0.2) is 0 Å². The number of aryl methyl sites for hydroxylation is 2. The van der Waals surface area contributed by atoms with Crippen molar-refractivity contribution in [1.82, 2.24) is 5.32 Å². The normalized spacial score (nSPS) is 15.6. The SMILES string of the molecule is C[C@H](CN)NC(=O)c1cc2c(s1)CCCC2.Cl. The molecule has 96 valence electrons. The van der Waals surface area contributed by atoms with Crippen LogP contribution in [0.2, 0.25) is 0 Å². The van der Waals surface area contributed by atoms with E-state index in [4.69, 9.17) is 5.73 Å². The van der Waals surface area contributed by atoms with Crippen LogP contribution in [0.4, 0.5) is 0 Å². The molecule has 0 saturated carbocycles. The molecule has 1 aromatic heterocycles. The third-order valence-corrected chi connectivity index (χ3v) is 4.19. The highest BCUT2D eigenvalue weighted by atomic mass is 35.5. The van der Waals surface area contributed by atoms with Gasteiger partial charge < -0.3 is 11.1 Å². The van der Waals surface area contributed by atoms with E-state index in [0.717, 1.165) is 17.7 Å². The summed E-state index contributed by atoms with van der Waals surface area (Å²) in [5.41, 5.74) is 6.86. The Morgan fingerprint density at radius 3 is 2.88 bits per heavy atom. The molecule has 1 heterocycles. The average Bonchev–Trinajstić information content (AvgIpc) is 2.72. The van der Waals surface area contributed by atoms with E-state index in [2.05, 4.69) is 11.4 Å². The molecule has 0 spiro atoms.